The molecule has 3 heterocycles. The Balaban J connectivity index is 2.00. The predicted octanol–water partition coefficient (Wildman–Crippen LogP) is 3.37. The van der Waals surface area contributed by atoms with Crippen LogP contribution in [0.5, 0.6) is 5.75 Å². The highest BCUT2D eigenvalue weighted by Crippen LogP contribution is 2.39. The number of benzene rings is 1. The lowest BCUT2D eigenvalue weighted by molar-refractivity contribution is 0.412. The van der Waals surface area contributed by atoms with E-state index in [-0.39, 0.29) is 12.1 Å². The third-order valence-electron chi connectivity index (χ3n) is 5.42. The van der Waals surface area contributed by atoms with Gasteiger partial charge < -0.3 is 19.9 Å². The van der Waals surface area contributed by atoms with Crippen molar-refractivity contribution in [3.8, 4) is 17.2 Å². The van der Waals surface area contributed by atoms with Crippen LogP contribution in [0.15, 0.2) is 16.7 Å². The average molecular weight is 385 g/mol. The zero-order valence-corrected chi connectivity index (χ0v) is 16.5. The first-order chi connectivity index (χ1) is 13.4. The van der Waals surface area contributed by atoms with Crippen LogP contribution in [0, 0.1) is 19.7 Å². The molecule has 0 bridgehead atoms. The first kappa shape index (κ1) is 18.6. The topological polar surface area (TPSA) is 90.3 Å². The maximum absolute atomic E-state index is 14.8. The van der Waals surface area contributed by atoms with Crippen LogP contribution < -0.4 is 15.4 Å². The number of rotatable bonds is 3. The minimum Gasteiger partial charge on any atom is -0.497 e. The first-order valence-corrected chi connectivity index (χ1v) is 9.39. The van der Waals surface area contributed by atoms with Crippen molar-refractivity contribution in [2.45, 2.75) is 45.7 Å². The van der Waals surface area contributed by atoms with Crippen molar-refractivity contribution in [2.75, 3.05) is 18.6 Å². The van der Waals surface area contributed by atoms with Gasteiger partial charge in [-0.2, -0.15) is 4.98 Å². The number of nitrogens with two attached hydrogens (primary N) is 1. The van der Waals surface area contributed by atoms with Crippen molar-refractivity contribution in [1.29, 1.82) is 0 Å². The van der Waals surface area contributed by atoms with Crippen molar-refractivity contribution in [3.05, 3.63) is 29.3 Å². The van der Waals surface area contributed by atoms with Crippen LogP contribution in [0.25, 0.3) is 22.4 Å². The zero-order chi connectivity index (χ0) is 20.0. The van der Waals surface area contributed by atoms with Gasteiger partial charge in [-0.3, -0.25) is 0 Å². The first-order valence-electron chi connectivity index (χ1n) is 9.39. The molecule has 2 atom stereocenters. The number of hydrogen-bond acceptors (Lipinski definition) is 7. The number of piperidine rings is 1. The third kappa shape index (κ3) is 3.07. The van der Waals surface area contributed by atoms with Crippen LogP contribution in [0.3, 0.4) is 0 Å². The van der Waals surface area contributed by atoms with Gasteiger partial charge in [0.05, 0.1) is 12.7 Å². The second-order valence-electron chi connectivity index (χ2n) is 7.41. The third-order valence-corrected chi connectivity index (χ3v) is 5.42. The van der Waals surface area contributed by atoms with E-state index in [1.54, 1.807) is 13.0 Å². The number of methoxy groups -OCH3 is 1. The molecular formula is C20H24FN5O2. The van der Waals surface area contributed by atoms with Gasteiger partial charge in [0.25, 0.3) is 5.89 Å². The molecule has 1 aliphatic heterocycles. The highest BCUT2D eigenvalue weighted by atomic mass is 19.1. The summed E-state index contributed by atoms with van der Waals surface area (Å²) in [6.07, 6.45) is 1.68. The monoisotopic (exact) mass is 385 g/mol. The molecule has 3 aromatic rings. The lowest BCUT2D eigenvalue weighted by Gasteiger charge is -2.38. The Kier molecular flexibility index (Phi) is 4.66. The lowest BCUT2D eigenvalue weighted by Crippen LogP contribution is -2.46. The fourth-order valence-corrected chi connectivity index (χ4v) is 3.94. The summed E-state index contributed by atoms with van der Waals surface area (Å²) in [6.45, 7) is 6.52. The molecule has 0 unspecified atom stereocenters. The van der Waals surface area contributed by atoms with E-state index in [0.717, 1.165) is 30.5 Å². The van der Waals surface area contributed by atoms with E-state index in [9.17, 15) is 4.39 Å². The molecule has 1 fully saturated rings. The van der Waals surface area contributed by atoms with Crippen molar-refractivity contribution >= 4 is 16.7 Å². The van der Waals surface area contributed by atoms with E-state index in [2.05, 4.69) is 22.0 Å². The number of halogens is 1. The van der Waals surface area contributed by atoms with Gasteiger partial charge in [0.1, 0.15) is 17.1 Å². The van der Waals surface area contributed by atoms with E-state index in [4.69, 9.17) is 20.0 Å². The quantitative estimate of drug-likeness (QED) is 0.739. The minimum atomic E-state index is -0.423. The Labute approximate surface area is 162 Å². The minimum absolute atomic E-state index is 0.155. The summed E-state index contributed by atoms with van der Waals surface area (Å²) in [5.41, 5.74) is 7.98. The molecule has 28 heavy (non-hydrogen) atoms. The molecule has 0 spiro atoms. The number of nitrogens with zero attached hydrogens (tertiary/aromatic N) is 4. The normalized spacial score (nSPS) is 20.0. The predicted molar refractivity (Wildman–Crippen MR) is 105 cm³/mol. The standard InChI is InChI=1S/C20H24FN5O2/c1-10-7-13(22)5-6-26(10)19-17(20-23-12(3)25-28-20)11(2)15-8-14(27-4)9-16(21)18(15)24-19/h8-10,13H,5-7,22H2,1-4H3/t10-,13+/m0/s1. The van der Waals surface area contributed by atoms with Gasteiger partial charge in [0, 0.05) is 30.1 Å². The summed E-state index contributed by atoms with van der Waals surface area (Å²) in [7, 11) is 1.51. The van der Waals surface area contributed by atoms with Gasteiger partial charge in [-0.05, 0) is 45.2 Å². The Morgan fingerprint density at radius 3 is 2.71 bits per heavy atom. The smallest absolute Gasteiger partial charge is 0.261 e. The summed E-state index contributed by atoms with van der Waals surface area (Å²) in [5, 5.41) is 4.59. The highest BCUT2D eigenvalue weighted by Gasteiger charge is 2.30. The summed E-state index contributed by atoms with van der Waals surface area (Å²) in [4.78, 5) is 11.3. The molecule has 2 aromatic heterocycles. The molecule has 0 amide bonds. The maximum Gasteiger partial charge on any atom is 0.261 e. The van der Waals surface area contributed by atoms with E-state index in [0.29, 0.717) is 34.2 Å². The van der Waals surface area contributed by atoms with Crippen molar-refractivity contribution < 1.29 is 13.7 Å². The highest BCUT2D eigenvalue weighted by molar-refractivity contribution is 5.93. The van der Waals surface area contributed by atoms with Crippen molar-refractivity contribution in [2.24, 2.45) is 5.73 Å². The van der Waals surface area contributed by atoms with Crippen LogP contribution in [-0.4, -0.2) is 40.9 Å². The molecule has 0 aliphatic carbocycles. The molecule has 148 valence electrons. The Morgan fingerprint density at radius 2 is 2.07 bits per heavy atom. The van der Waals surface area contributed by atoms with Crippen LogP contribution in [-0.2, 0) is 0 Å². The summed E-state index contributed by atoms with van der Waals surface area (Å²) in [6, 6.07) is 3.46. The molecule has 2 N–H and O–H groups in total. The van der Waals surface area contributed by atoms with Gasteiger partial charge in [0.15, 0.2) is 11.6 Å². The molecular weight excluding hydrogens is 361 g/mol. The van der Waals surface area contributed by atoms with Crippen molar-refractivity contribution in [3.63, 3.8) is 0 Å². The Hall–Kier alpha value is -2.74. The number of anilines is 1. The second kappa shape index (κ2) is 7.01. The fourth-order valence-electron chi connectivity index (χ4n) is 3.94. The van der Waals surface area contributed by atoms with E-state index >= 15 is 0 Å². The van der Waals surface area contributed by atoms with Crippen LogP contribution in [0.2, 0.25) is 0 Å². The largest absolute Gasteiger partial charge is 0.497 e. The Morgan fingerprint density at radius 1 is 1.29 bits per heavy atom. The summed E-state index contributed by atoms with van der Waals surface area (Å²) >= 11 is 0. The zero-order valence-electron chi connectivity index (χ0n) is 16.5. The summed E-state index contributed by atoms with van der Waals surface area (Å²) < 4.78 is 25.5. The van der Waals surface area contributed by atoms with Gasteiger partial charge in [-0.15, -0.1) is 0 Å². The molecule has 4 rings (SSSR count). The molecule has 1 aromatic carbocycles. The molecule has 7 nitrogen and oxygen atoms in total. The molecule has 1 saturated heterocycles. The fraction of sp³-hybridized carbons (Fsp3) is 0.450. The maximum atomic E-state index is 14.8. The summed E-state index contributed by atoms with van der Waals surface area (Å²) in [5.74, 6) is 1.58. The molecule has 1 aliphatic rings. The van der Waals surface area contributed by atoms with E-state index in [1.165, 1.54) is 13.2 Å². The van der Waals surface area contributed by atoms with E-state index < -0.39 is 5.82 Å². The van der Waals surface area contributed by atoms with E-state index in [1.807, 2.05) is 6.92 Å². The van der Waals surface area contributed by atoms with Gasteiger partial charge >= 0.3 is 0 Å². The second-order valence-corrected chi connectivity index (χ2v) is 7.41. The molecule has 0 radical (unpaired) electrons. The van der Waals surface area contributed by atoms with Crippen LogP contribution in [0.4, 0.5) is 10.2 Å². The number of aryl methyl sites for hydroxylation is 2. The number of fused-ring (bicyclic) bond motifs is 1. The van der Waals surface area contributed by atoms with Crippen LogP contribution in [0.1, 0.15) is 31.2 Å². The number of ether oxygens (including phenoxy) is 1. The van der Waals surface area contributed by atoms with Gasteiger partial charge in [0.2, 0.25) is 0 Å². The Bertz CT molecular complexity index is 1040. The van der Waals surface area contributed by atoms with Crippen LogP contribution >= 0.6 is 0 Å². The lowest BCUT2D eigenvalue weighted by atomic mass is 9.96. The number of hydrogen-bond donors (Lipinski definition) is 1. The molecule has 0 saturated carbocycles. The van der Waals surface area contributed by atoms with Gasteiger partial charge in [-0.25, -0.2) is 9.37 Å². The number of pyridine rings is 1. The van der Waals surface area contributed by atoms with Gasteiger partial charge in [-0.1, -0.05) is 5.16 Å². The molecule has 8 heteroatoms. The number of aromatic nitrogens is 3. The average Bonchev–Trinajstić information content (AvgIpc) is 3.08. The SMILES string of the molecule is COc1cc(F)c2nc(N3CC[C@@H](N)C[C@@H]3C)c(-c3nc(C)no3)c(C)c2c1. The van der Waals surface area contributed by atoms with Crippen molar-refractivity contribution in [1.82, 2.24) is 15.1 Å².